The molecule has 2 fully saturated rings. The number of hydrogen-bond acceptors (Lipinski definition) is 0. The summed E-state index contributed by atoms with van der Waals surface area (Å²) in [4.78, 5) is 0. The van der Waals surface area contributed by atoms with Gasteiger partial charge in [-0.15, -0.1) is 0 Å². The number of rotatable bonds is 12. The van der Waals surface area contributed by atoms with Crippen molar-refractivity contribution in [1.29, 1.82) is 0 Å². The molecule has 0 aliphatic heterocycles. The van der Waals surface area contributed by atoms with Crippen LogP contribution in [0.4, 0.5) is 13.2 Å². The van der Waals surface area contributed by atoms with Gasteiger partial charge in [-0.3, -0.25) is 0 Å². The SMILES string of the molecule is CCCCCCCCCCC1CCC(c2ccc(C3CCC(C=CC(F)(F)F)CC3)cc2)CC1. The molecule has 0 amide bonds. The largest absolute Gasteiger partial charge is 0.409 e. The third-order valence-corrected chi connectivity index (χ3v) is 8.52. The van der Waals surface area contributed by atoms with Crippen LogP contribution in [0.1, 0.15) is 139 Å². The van der Waals surface area contributed by atoms with Gasteiger partial charge in [-0.05, 0) is 86.2 Å². The van der Waals surface area contributed by atoms with Crippen LogP contribution >= 0.6 is 0 Å². The molecule has 3 heteroatoms. The van der Waals surface area contributed by atoms with Crippen LogP contribution in [0.15, 0.2) is 36.4 Å². The number of halogens is 3. The van der Waals surface area contributed by atoms with E-state index in [1.807, 2.05) is 0 Å². The molecule has 0 nitrogen and oxygen atoms in total. The quantitative estimate of drug-likeness (QED) is 0.208. The van der Waals surface area contributed by atoms with Gasteiger partial charge in [-0.2, -0.15) is 13.2 Å². The van der Waals surface area contributed by atoms with Crippen LogP contribution in [-0.2, 0) is 0 Å². The van der Waals surface area contributed by atoms with E-state index >= 15 is 0 Å². The summed E-state index contributed by atoms with van der Waals surface area (Å²) >= 11 is 0. The summed E-state index contributed by atoms with van der Waals surface area (Å²) in [6.45, 7) is 2.28. The Morgan fingerprint density at radius 2 is 1.15 bits per heavy atom. The monoisotopic (exact) mass is 476 g/mol. The van der Waals surface area contributed by atoms with E-state index in [9.17, 15) is 13.2 Å². The molecule has 0 radical (unpaired) electrons. The van der Waals surface area contributed by atoms with Crippen molar-refractivity contribution in [2.24, 2.45) is 11.8 Å². The molecule has 2 saturated carbocycles. The molecule has 1 aromatic rings. The fourth-order valence-corrected chi connectivity index (χ4v) is 6.28. The Labute approximate surface area is 206 Å². The molecule has 0 spiro atoms. The lowest BCUT2D eigenvalue weighted by molar-refractivity contribution is -0.0803. The molecule has 3 rings (SSSR count). The van der Waals surface area contributed by atoms with E-state index in [0.29, 0.717) is 17.9 Å². The maximum atomic E-state index is 12.4. The van der Waals surface area contributed by atoms with E-state index in [2.05, 4.69) is 31.2 Å². The fraction of sp³-hybridized carbons (Fsp3) is 0.742. The summed E-state index contributed by atoms with van der Waals surface area (Å²) < 4.78 is 37.2. The highest BCUT2D eigenvalue weighted by Gasteiger charge is 2.26. The Morgan fingerprint density at radius 3 is 1.65 bits per heavy atom. The molecule has 0 heterocycles. The van der Waals surface area contributed by atoms with Crippen LogP contribution in [0.3, 0.4) is 0 Å². The maximum Gasteiger partial charge on any atom is 0.409 e. The van der Waals surface area contributed by atoms with Crippen molar-refractivity contribution in [2.45, 2.75) is 134 Å². The molecule has 0 unspecified atom stereocenters. The average molecular weight is 477 g/mol. The minimum absolute atomic E-state index is 0.0816. The second-order valence-electron chi connectivity index (χ2n) is 11.2. The molecule has 0 aromatic heterocycles. The molecular formula is C31H47F3. The van der Waals surface area contributed by atoms with Crippen LogP contribution in [0.5, 0.6) is 0 Å². The van der Waals surface area contributed by atoms with Crippen LogP contribution in [-0.4, -0.2) is 6.18 Å². The van der Waals surface area contributed by atoms with E-state index in [4.69, 9.17) is 0 Å². The predicted molar refractivity (Wildman–Crippen MR) is 138 cm³/mol. The Kier molecular flexibility index (Phi) is 11.5. The Hall–Kier alpha value is -1.25. The van der Waals surface area contributed by atoms with Gasteiger partial charge < -0.3 is 0 Å². The molecule has 34 heavy (non-hydrogen) atoms. The standard InChI is InChI=1S/C31H47F3/c1-2-3-4-5-6-7-8-9-10-25-11-15-27(16-12-25)29-19-21-30(22-20-29)28-17-13-26(14-18-28)23-24-31(32,33)34/h19-28H,2-18H2,1H3. The zero-order valence-electron chi connectivity index (χ0n) is 21.4. The van der Waals surface area contributed by atoms with Crippen LogP contribution in [0, 0.1) is 11.8 Å². The van der Waals surface area contributed by atoms with E-state index in [1.165, 1.54) is 101 Å². The molecule has 1 aromatic carbocycles. The third-order valence-electron chi connectivity index (χ3n) is 8.52. The molecule has 0 atom stereocenters. The number of allylic oxidation sites excluding steroid dienone is 2. The number of benzene rings is 1. The van der Waals surface area contributed by atoms with Crippen LogP contribution in [0.2, 0.25) is 0 Å². The van der Waals surface area contributed by atoms with Gasteiger partial charge >= 0.3 is 6.18 Å². The molecule has 192 valence electrons. The van der Waals surface area contributed by atoms with Crippen molar-refractivity contribution in [3.8, 4) is 0 Å². The summed E-state index contributed by atoms with van der Waals surface area (Å²) in [5, 5.41) is 0. The third kappa shape index (κ3) is 9.78. The Bertz CT molecular complexity index is 686. The van der Waals surface area contributed by atoms with Crippen LogP contribution < -0.4 is 0 Å². The van der Waals surface area contributed by atoms with Gasteiger partial charge in [0.1, 0.15) is 0 Å². The van der Waals surface area contributed by atoms with Gasteiger partial charge in [0, 0.05) is 6.08 Å². The molecule has 2 aliphatic carbocycles. The Morgan fingerprint density at radius 1 is 0.676 bits per heavy atom. The minimum Gasteiger partial charge on any atom is -0.167 e. The zero-order valence-corrected chi connectivity index (χ0v) is 21.4. The summed E-state index contributed by atoms with van der Waals surface area (Å²) in [5.74, 6) is 2.24. The van der Waals surface area contributed by atoms with Gasteiger partial charge in [-0.1, -0.05) is 95.1 Å². The molecule has 0 bridgehead atoms. The smallest absolute Gasteiger partial charge is 0.167 e. The first kappa shape index (κ1) is 27.3. The normalized spacial score (nSPS) is 26.2. The molecule has 0 N–H and O–H groups in total. The molecule has 0 saturated heterocycles. The van der Waals surface area contributed by atoms with E-state index in [0.717, 1.165) is 31.6 Å². The lowest BCUT2D eigenvalue weighted by atomic mass is 9.75. The minimum atomic E-state index is -4.18. The summed E-state index contributed by atoms with van der Waals surface area (Å²) in [7, 11) is 0. The highest BCUT2D eigenvalue weighted by atomic mass is 19.4. The maximum absolute atomic E-state index is 12.4. The fourth-order valence-electron chi connectivity index (χ4n) is 6.28. The summed E-state index contributed by atoms with van der Waals surface area (Å²) in [6.07, 6.45) is 19.5. The summed E-state index contributed by atoms with van der Waals surface area (Å²) in [5.41, 5.74) is 2.88. The van der Waals surface area contributed by atoms with Crippen molar-refractivity contribution in [1.82, 2.24) is 0 Å². The van der Waals surface area contributed by atoms with Crippen molar-refractivity contribution in [3.05, 3.63) is 47.5 Å². The lowest BCUT2D eigenvalue weighted by Crippen LogP contribution is -2.14. The van der Waals surface area contributed by atoms with Crippen molar-refractivity contribution >= 4 is 0 Å². The first-order chi connectivity index (χ1) is 16.4. The first-order valence-electron chi connectivity index (χ1n) is 14.3. The highest BCUT2D eigenvalue weighted by molar-refractivity contribution is 5.28. The van der Waals surface area contributed by atoms with E-state index in [-0.39, 0.29) is 5.92 Å². The topological polar surface area (TPSA) is 0 Å². The average Bonchev–Trinajstić information content (AvgIpc) is 2.85. The Balaban J connectivity index is 1.32. The highest BCUT2D eigenvalue weighted by Crippen LogP contribution is 2.40. The lowest BCUT2D eigenvalue weighted by Gasteiger charge is -2.30. The van der Waals surface area contributed by atoms with Gasteiger partial charge in [0.15, 0.2) is 0 Å². The number of alkyl halides is 3. The van der Waals surface area contributed by atoms with E-state index in [1.54, 1.807) is 0 Å². The van der Waals surface area contributed by atoms with Gasteiger partial charge in [0.25, 0.3) is 0 Å². The molecular weight excluding hydrogens is 429 g/mol. The first-order valence-corrected chi connectivity index (χ1v) is 14.3. The number of unbranched alkanes of at least 4 members (excludes halogenated alkanes) is 7. The van der Waals surface area contributed by atoms with Crippen molar-refractivity contribution < 1.29 is 13.2 Å². The zero-order chi connectivity index (χ0) is 24.2. The van der Waals surface area contributed by atoms with Crippen molar-refractivity contribution in [2.75, 3.05) is 0 Å². The second-order valence-corrected chi connectivity index (χ2v) is 11.2. The molecule has 2 aliphatic rings. The predicted octanol–water partition coefficient (Wildman–Crippen LogP) is 10.9. The van der Waals surface area contributed by atoms with E-state index < -0.39 is 6.18 Å². The van der Waals surface area contributed by atoms with Crippen molar-refractivity contribution in [3.63, 3.8) is 0 Å². The number of hydrogen-bond donors (Lipinski definition) is 0. The van der Waals surface area contributed by atoms with Crippen LogP contribution in [0.25, 0.3) is 0 Å². The summed E-state index contributed by atoms with van der Waals surface area (Å²) in [6, 6.07) is 9.29. The van der Waals surface area contributed by atoms with Gasteiger partial charge in [0.05, 0.1) is 0 Å². The second kappa shape index (κ2) is 14.3. The van der Waals surface area contributed by atoms with Gasteiger partial charge in [0.2, 0.25) is 0 Å². The van der Waals surface area contributed by atoms with Gasteiger partial charge in [-0.25, -0.2) is 0 Å².